The first-order chi connectivity index (χ1) is 11.4. The Labute approximate surface area is 148 Å². The van der Waals surface area contributed by atoms with Crippen molar-refractivity contribution in [2.45, 2.75) is 39.0 Å². The van der Waals surface area contributed by atoms with E-state index in [9.17, 15) is 4.79 Å². The molecule has 0 amide bonds. The molecule has 0 aromatic carbocycles. The summed E-state index contributed by atoms with van der Waals surface area (Å²) in [5.41, 5.74) is 0.491. The highest BCUT2D eigenvalue weighted by Crippen LogP contribution is 2.37. The first kappa shape index (κ1) is 17.3. The molecule has 1 aliphatic heterocycles. The van der Waals surface area contributed by atoms with Gasteiger partial charge < -0.3 is 9.64 Å². The zero-order valence-corrected chi connectivity index (χ0v) is 15.6. The second-order valence-corrected chi connectivity index (χ2v) is 7.48. The van der Waals surface area contributed by atoms with Crippen LogP contribution >= 0.6 is 22.9 Å². The van der Waals surface area contributed by atoms with Gasteiger partial charge >= 0.3 is 4.87 Å². The number of aromatic nitrogens is 3. The summed E-state index contributed by atoms with van der Waals surface area (Å²) in [7, 11) is 3.70. The second kappa shape index (κ2) is 6.78. The number of halogens is 1. The maximum atomic E-state index is 12.5. The lowest BCUT2D eigenvalue weighted by molar-refractivity contribution is -0.00388. The fourth-order valence-corrected chi connectivity index (χ4v) is 4.00. The number of rotatable bonds is 4. The molecular weight excluding hydrogens is 350 g/mol. The van der Waals surface area contributed by atoms with Crippen LogP contribution in [0.5, 0.6) is 0 Å². The summed E-state index contributed by atoms with van der Waals surface area (Å²) in [6.45, 7) is 4.23. The van der Waals surface area contributed by atoms with Gasteiger partial charge in [0, 0.05) is 14.1 Å². The van der Waals surface area contributed by atoms with E-state index >= 15 is 0 Å². The Balaban J connectivity index is 2.08. The molecular formula is C15H20ClN5O2S. The molecule has 0 radical (unpaired) electrons. The second-order valence-electron chi connectivity index (χ2n) is 6.16. The van der Waals surface area contributed by atoms with Gasteiger partial charge in [0.05, 0.1) is 12.4 Å². The van der Waals surface area contributed by atoms with Gasteiger partial charge in [-0.1, -0.05) is 36.8 Å². The van der Waals surface area contributed by atoms with Gasteiger partial charge in [0.2, 0.25) is 0 Å². The van der Waals surface area contributed by atoms with E-state index < -0.39 is 0 Å². The zero-order chi connectivity index (χ0) is 17.4. The number of ether oxygens (including phenoxy) is 1. The molecule has 0 spiro atoms. The number of fused-ring (bicyclic) bond motifs is 1. The lowest BCUT2D eigenvalue weighted by Crippen LogP contribution is -2.20. The van der Waals surface area contributed by atoms with Crippen molar-refractivity contribution in [1.82, 2.24) is 19.4 Å². The predicted octanol–water partition coefficient (Wildman–Crippen LogP) is 3.06. The molecule has 0 saturated carbocycles. The Hall–Kier alpha value is -1.51. The molecule has 130 valence electrons. The molecule has 0 aliphatic carbocycles. The van der Waals surface area contributed by atoms with E-state index in [1.807, 2.05) is 14.1 Å². The summed E-state index contributed by atoms with van der Waals surface area (Å²) in [6, 6.07) is 0. The fraction of sp³-hybridized carbons (Fsp3) is 0.600. The van der Waals surface area contributed by atoms with Crippen molar-refractivity contribution in [1.29, 1.82) is 0 Å². The van der Waals surface area contributed by atoms with Crippen LogP contribution in [0.1, 0.15) is 32.9 Å². The molecule has 0 unspecified atom stereocenters. The van der Waals surface area contributed by atoms with Crippen LogP contribution in [0.4, 0.5) is 5.95 Å². The van der Waals surface area contributed by atoms with Gasteiger partial charge in [-0.25, -0.2) is 4.99 Å². The summed E-state index contributed by atoms with van der Waals surface area (Å²) < 4.78 is 8.22. The quantitative estimate of drug-likeness (QED) is 0.470. The molecule has 0 bridgehead atoms. The lowest BCUT2D eigenvalue weighted by Gasteiger charge is -2.14. The highest BCUT2D eigenvalue weighted by Gasteiger charge is 2.34. The third-order valence-corrected chi connectivity index (χ3v) is 5.38. The van der Waals surface area contributed by atoms with Crippen LogP contribution in [0.3, 0.4) is 0 Å². The number of hydrogen-bond acceptors (Lipinski definition) is 6. The van der Waals surface area contributed by atoms with Crippen LogP contribution in [0.15, 0.2) is 9.79 Å². The van der Waals surface area contributed by atoms with E-state index in [2.05, 4.69) is 28.8 Å². The summed E-state index contributed by atoms with van der Waals surface area (Å²) >= 11 is 7.28. The largest absolute Gasteiger partial charge is 0.369 e. The Morgan fingerprint density at radius 3 is 2.88 bits per heavy atom. The number of thiazole rings is 1. The monoisotopic (exact) mass is 369 g/mol. The van der Waals surface area contributed by atoms with Crippen LogP contribution in [-0.4, -0.2) is 46.0 Å². The maximum absolute atomic E-state index is 12.5. The molecule has 3 heterocycles. The van der Waals surface area contributed by atoms with E-state index in [0.717, 1.165) is 24.2 Å². The lowest BCUT2D eigenvalue weighted by atomic mass is 10.0. The van der Waals surface area contributed by atoms with Gasteiger partial charge in [-0.3, -0.25) is 9.36 Å². The topological polar surface area (TPSA) is 72.6 Å². The number of aliphatic imine (C=N–C) groups is 1. The van der Waals surface area contributed by atoms with Crippen molar-refractivity contribution in [3.63, 3.8) is 0 Å². The van der Waals surface area contributed by atoms with E-state index in [1.54, 1.807) is 15.8 Å². The van der Waals surface area contributed by atoms with Crippen molar-refractivity contribution in [2.24, 2.45) is 10.9 Å². The van der Waals surface area contributed by atoms with E-state index in [0.29, 0.717) is 16.3 Å². The first-order valence-corrected chi connectivity index (χ1v) is 9.04. The SMILES string of the molecule is CC[C@H]1O[C@@H](n2c(=O)sc3c(Cl)nc(/N=C\N(C)C)nc32)C[C@@H]1C. The maximum Gasteiger partial charge on any atom is 0.311 e. The van der Waals surface area contributed by atoms with Gasteiger partial charge in [-0.2, -0.15) is 9.97 Å². The van der Waals surface area contributed by atoms with E-state index in [1.165, 1.54) is 0 Å². The Morgan fingerprint density at radius 2 is 2.25 bits per heavy atom. The highest BCUT2D eigenvalue weighted by molar-refractivity contribution is 7.17. The molecule has 7 nitrogen and oxygen atoms in total. The van der Waals surface area contributed by atoms with Crippen molar-refractivity contribution in [2.75, 3.05) is 14.1 Å². The molecule has 1 fully saturated rings. The van der Waals surface area contributed by atoms with Crippen LogP contribution in [0.2, 0.25) is 5.15 Å². The van der Waals surface area contributed by atoms with Gasteiger partial charge in [-0.05, 0) is 18.8 Å². The zero-order valence-electron chi connectivity index (χ0n) is 14.1. The third-order valence-electron chi connectivity index (χ3n) is 4.04. The summed E-state index contributed by atoms with van der Waals surface area (Å²) in [5, 5.41) is 0.241. The average molecular weight is 370 g/mol. The Morgan fingerprint density at radius 1 is 1.50 bits per heavy atom. The van der Waals surface area contributed by atoms with Crippen LogP contribution in [0.25, 0.3) is 10.3 Å². The smallest absolute Gasteiger partial charge is 0.311 e. The summed E-state index contributed by atoms with van der Waals surface area (Å²) in [6.07, 6.45) is 3.13. The molecule has 3 rings (SSSR count). The molecule has 24 heavy (non-hydrogen) atoms. The first-order valence-electron chi connectivity index (χ1n) is 7.85. The molecule has 9 heteroatoms. The Bertz CT molecular complexity index is 831. The van der Waals surface area contributed by atoms with Gasteiger partial charge in [0.1, 0.15) is 10.9 Å². The molecule has 2 aromatic rings. The predicted molar refractivity (Wildman–Crippen MR) is 96.5 cm³/mol. The van der Waals surface area contributed by atoms with Crippen LogP contribution in [0, 0.1) is 5.92 Å². The van der Waals surface area contributed by atoms with Gasteiger partial charge in [0.15, 0.2) is 10.8 Å². The van der Waals surface area contributed by atoms with Crippen molar-refractivity contribution in [3.05, 3.63) is 14.8 Å². The molecule has 1 aliphatic rings. The summed E-state index contributed by atoms with van der Waals surface area (Å²) in [4.78, 5) is 26.9. The minimum atomic E-state index is -0.317. The molecule has 1 saturated heterocycles. The van der Waals surface area contributed by atoms with Gasteiger partial charge in [-0.15, -0.1) is 0 Å². The van der Waals surface area contributed by atoms with E-state index in [4.69, 9.17) is 16.3 Å². The summed E-state index contributed by atoms with van der Waals surface area (Å²) in [5.74, 6) is 0.622. The molecule has 3 atom stereocenters. The standard InChI is InChI=1S/C15H20ClN5O2S/c1-5-9-8(2)6-10(23-9)21-13-11(24-15(21)22)12(16)18-14(19-13)17-7-20(3)4/h7-10H,5-6H2,1-4H3/b17-7-/t8-,9+,10+/m0/s1. The highest BCUT2D eigenvalue weighted by atomic mass is 35.5. The van der Waals surface area contributed by atoms with Crippen LogP contribution < -0.4 is 4.87 Å². The molecule has 0 N–H and O–H groups in total. The minimum Gasteiger partial charge on any atom is -0.369 e. The van der Waals surface area contributed by atoms with Gasteiger partial charge in [0.25, 0.3) is 5.95 Å². The van der Waals surface area contributed by atoms with Crippen molar-refractivity contribution < 1.29 is 4.74 Å². The van der Waals surface area contributed by atoms with Crippen molar-refractivity contribution in [3.8, 4) is 0 Å². The fourth-order valence-electron chi connectivity index (χ4n) is 2.88. The number of nitrogens with zero attached hydrogens (tertiary/aromatic N) is 5. The molecule has 2 aromatic heterocycles. The minimum absolute atomic E-state index is 0.135. The van der Waals surface area contributed by atoms with Crippen molar-refractivity contribution >= 4 is 45.6 Å². The average Bonchev–Trinajstić information content (AvgIpc) is 3.04. The normalized spacial score (nSPS) is 24.3. The van der Waals surface area contributed by atoms with E-state index in [-0.39, 0.29) is 28.3 Å². The number of hydrogen-bond donors (Lipinski definition) is 0. The third kappa shape index (κ3) is 3.18. The Kier molecular flexibility index (Phi) is 4.89. The van der Waals surface area contributed by atoms with Crippen LogP contribution in [-0.2, 0) is 4.74 Å².